The fourth-order valence-corrected chi connectivity index (χ4v) is 3.03. The summed E-state index contributed by atoms with van der Waals surface area (Å²) in [4.78, 5) is 20.4. The van der Waals surface area contributed by atoms with E-state index in [-0.39, 0.29) is 30.6 Å². The van der Waals surface area contributed by atoms with Crippen molar-refractivity contribution in [1.82, 2.24) is 25.0 Å². The molecular weight excluding hydrogens is 398 g/mol. The Morgan fingerprint density at radius 1 is 1.23 bits per heavy atom. The van der Waals surface area contributed by atoms with Gasteiger partial charge in [-0.15, -0.1) is 5.10 Å². The van der Waals surface area contributed by atoms with Crippen LogP contribution in [0.4, 0.5) is 11.8 Å². The second-order valence-corrected chi connectivity index (χ2v) is 7.97. The normalized spacial score (nSPS) is 12.4. The minimum Gasteiger partial charge on any atom is -0.427 e. The van der Waals surface area contributed by atoms with Crippen molar-refractivity contribution < 1.29 is 14.6 Å². The number of rotatable bonds is 9. The summed E-state index contributed by atoms with van der Waals surface area (Å²) < 4.78 is 6.89. The second-order valence-electron chi connectivity index (χ2n) is 7.97. The summed E-state index contributed by atoms with van der Waals surface area (Å²) >= 11 is 0. The largest absolute Gasteiger partial charge is 0.427 e. The number of aliphatic hydroxyl groups is 1. The summed E-state index contributed by atoms with van der Waals surface area (Å²) in [7, 11) is 0. The topological polar surface area (TPSA) is 127 Å². The van der Waals surface area contributed by atoms with Gasteiger partial charge in [-0.05, 0) is 37.5 Å². The molecule has 166 valence electrons. The maximum atomic E-state index is 11.2. The van der Waals surface area contributed by atoms with Crippen molar-refractivity contribution in [2.24, 2.45) is 5.92 Å². The maximum absolute atomic E-state index is 11.2. The van der Waals surface area contributed by atoms with Gasteiger partial charge < -0.3 is 20.5 Å². The molecule has 0 aliphatic heterocycles. The van der Waals surface area contributed by atoms with E-state index >= 15 is 0 Å². The van der Waals surface area contributed by atoms with Crippen LogP contribution in [0.3, 0.4) is 0 Å². The van der Waals surface area contributed by atoms with Crippen LogP contribution in [0.2, 0.25) is 0 Å². The molecule has 0 fully saturated rings. The number of carbonyl (C=O) groups excluding carboxylic acids is 1. The molecule has 0 aliphatic rings. The average molecular weight is 428 g/mol. The van der Waals surface area contributed by atoms with E-state index in [0.29, 0.717) is 35.2 Å². The molecule has 0 saturated heterocycles. The summed E-state index contributed by atoms with van der Waals surface area (Å²) in [5, 5.41) is 24.7. The molecule has 1 unspecified atom stereocenters. The van der Waals surface area contributed by atoms with E-state index < -0.39 is 0 Å². The van der Waals surface area contributed by atoms with E-state index in [2.05, 4.69) is 30.9 Å². The molecule has 0 bridgehead atoms. The molecule has 2 aromatic heterocycles. The van der Waals surface area contributed by atoms with Gasteiger partial charge in [-0.3, -0.25) is 4.79 Å². The third-order valence-corrected chi connectivity index (χ3v) is 4.75. The predicted octanol–water partition coefficient (Wildman–Crippen LogP) is 2.77. The van der Waals surface area contributed by atoms with E-state index in [4.69, 9.17) is 4.74 Å². The standard InChI is InChI=1S/C21H29N7O3/c1-12(2)17(11-29)23-21-24-19(18-20(25-21)28(13(3)4)27-26-18)22-10-15-7-6-8-16(9-15)31-14(5)30/h6-9,12-13,17,29H,10-11H2,1-5H3,(H2,22,23,24,25). The van der Waals surface area contributed by atoms with Crippen LogP contribution in [0.1, 0.15) is 46.2 Å². The summed E-state index contributed by atoms with van der Waals surface area (Å²) in [6, 6.07) is 7.14. The van der Waals surface area contributed by atoms with Crippen molar-refractivity contribution in [1.29, 1.82) is 0 Å². The third-order valence-electron chi connectivity index (χ3n) is 4.75. The number of fused-ring (bicyclic) bond motifs is 1. The van der Waals surface area contributed by atoms with Gasteiger partial charge in [0.05, 0.1) is 18.7 Å². The van der Waals surface area contributed by atoms with E-state index in [1.54, 1.807) is 16.8 Å². The smallest absolute Gasteiger partial charge is 0.308 e. The summed E-state index contributed by atoms with van der Waals surface area (Å²) in [6.07, 6.45) is 0. The Hall–Kier alpha value is -3.27. The van der Waals surface area contributed by atoms with Crippen LogP contribution < -0.4 is 15.4 Å². The molecule has 3 rings (SSSR count). The first-order valence-corrected chi connectivity index (χ1v) is 10.3. The number of esters is 1. The predicted molar refractivity (Wildman–Crippen MR) is 118 cm³/mol. The number of anilines is 2. The summed E-state index contributed by atoms with van der Waals surface area (Å²) in [6.45, 7) is 9.80. The molecule has 0 amide bonds. The fraction of sp³-hybridized carbons (Fsp3) is 0.476. The van der Waals surface area contributed by atoms with Gasteiger partial charge in [0.1, 0.15) is 5.75 Å². The minimum absolute atomic E-state index is 0.0353. The Morgan fingerprint density at radius 3 is 2.65 bits per heavy atom. The molecule has 0 radical (unpaired) electrons. The van der Waals surface area contributed by atoms with Gasteiger partial charge in [-0.1, -0.05) is 31.2 Å². The number of benzene rings is 1. The molecule has 1 atom stereocenters. The van der Waals surface area contributed by atoms with Crippen molar-refractivity contribution in [3.8, 4) is 5.75 Å². The average Bonchev–Trinajstić information content (AvgIpc) is 3.14. The van der Waals surface area contributed by atoms with Crippen LogP contribution in [0.25, 0.3) is 11.2 Å². The van der Waals surface area contributed by atoms with Crippen molar-refractivity contribution in [3.05, 3.63) is 29.8 Å². The number of hydrogen-bond donors (Lipinski definition) is 3. The zero-order valence-corrected chi connectivity index (χ0v) is 18.5. The summed E-state index contributed by atoms with van der Waals surface area (Å²) in [5.74, 6) is 1.22. The lowest BCUT2D eigenvalue weighted by atomic mass is 10.1. The lowest BCUT2D eigenvalue weighted by Gasteiger charge is -2.20. The number of hydrogen-bond acceptors (Lipinski definition) is 9. The van der Waals surface area contributed by atoms with Gasteiger partial charge in [0, 0.05) is 13.5 Å². The summed E-state index contributed by atoms with van der Waals surface area (Å²) in [5.41, 5.74) is 2.07. The third kappa shape index (κ3) is 5.46. The van der Waals surface area contributed by atoms with Crippen LogP contribution in [0.5, 0.6) is 5.75 Å². The lowest BCUT2D eigenvalue weighted by Crippen LogP contribution is -2.30. The molecular formula is C21H29N7O3. The Balaban J connectivity index is 1.92. The molecule has 10 nitrogen and oxygen atoms in total. The second kappa shape index (κ2) is 9.69. The highest BCUT2D eigenvalue weighted by atomic mass is 16.5. The monoisotopic (exact) mass is 427 g/mol. The van der Waals surface area contributed by atoms with Crippen LogP contribution in [-0.2, 0) is 11.3 Å². The molecule has 3 aromatic rings. The highest BCUT2D eigenvalue weighted by molar-refractivity contribution is 5.83. The number of ether oxygens (including phenoxy) is 1. The van der Waals surface area contributed by atoms with Crippen molar-refractivity contribution >= 4 is 28.9 Å². The van der Waals surface area contributed by atoms with Gasteiger partial charge in [0.2, 0.25) is 5.95 Å². The van der Waals surface area contributed by atoms with E-state index in [1.807, 2.05) is 39.8 Å². The van der Waals surface area contributed by atoms with E-state index in [9.17, 15) is 9.90 Å². The Morgan fingerprint density at radius 2 is 2.00 bits per heavy atom. The number of nitrogens with one attached hydrogen (secondary N) is 2. The lowest BCUT2D eigenvalue weighted by molar-refractivity contribution is -0.131. The first-order chi connectivity index (χ1) is 14.8. The minimum atomic E-state index is -0.368. The number of aliphatic hydroxyl groups excluding tert-OH is 1. The molecule has 1 aromatic carbocycles. The molecule has 10 heteroatoms. The quantitative estimate of drug-likeness (QED) is 0.349. The van der Waals surface area contributed by atoms with Crippen LogP contribution in [0.15, 0.2) is 24.3 Å². The van der Waals surface area contributed by atoms with Gasteiger partial charge in [0.25, 0.3) is 0 Å². The van der Waals surface area contributed by atoms with Gasteiger partial charge >= 0.3 is 5.97 Å². The highest BCUT2D eigenvalue weighted by Crippen LogP contribution is 2.24. The Bertz CT molecular complexity index is 1050. The Kier molecular flexibility index (Phi) is 7.01. The van der Waals surface area contributed by atoms with Gasteiger partial charge in [-0.2, -0.15) is 9.97 Å². The zero-order valence-electron chi connectivity index (χ0n) is 18.5. The van der Waals surface area contributed by atoms with Gasteiger partial charge in [0.15, 0.2) is 17.0 Å². The van der Waals surface area contributed by atoms with Crippen molar-refractivity contribution in [2.45, 2.75) is 53.2 Å². The maximum Gasteiger partial charge on any atom is 0.308 e. The first kappa shape index (κ1) is 22.4. The molecule has 0 saturated carbocycles. The fourth-order valence-electron chi connectivity index (χ4n) is 3.03. The zero-order chi connectivity index (χ0) is 22.5. The number of aromatic nitrogens is 5. The first-order valence-electron chi connectivity index (χ1n) is 10.3. The molecule has 0 spiro atoms. The van der Waals surface area contributed by atoms with Crippen molar-refractivity contribution in [2.75, 3.05) is 17.2 Å². The molecule has 2 heterocycles. The number of nitrogens with zero attached hydrogens (tertiary/aromatic N) is 5. The SMILES string of the molecule is CC(=O)Oc1cccc(CNc2nc(NC(CO)C(C)C)nc3c2nnn3C(C)C)c1. The van der Waals surface area contributed by atoms with Crippen LogP contribution in [-0.4, -0.2) is 48.7 Å². The molecule has 31 heavy (non-hydrogen) atoms. The van der Waals surface area contributed by atoms with Crippen LogP contribution in [0, 0.1) is 5.92 Å². The van der Waals surface area contributed by atoms with Crippen molar-refractivity contribution in [3.63, 3.8) is 0 Å². The van der Waals surface area contributed by atoms with Gasteiger partial charge in [-0.25, -0.2) is 4.68 Å². The van der Waals surface area contributed by atoms with E-state index in [1.165, 1.54) is 6.92 Å². The highest BCUT2D eigenvalue weighted by Gasteiger charge is 2.19. The molecule has 3 N–H and O–H groups in total. The Labute approximate surface area is 181 Å². The molecule has 0 aliphatic carbocycles. The number of carbonyl (C=O) groups is 1. The van der Waals surface area contributed by atoms with Crippen LogP contribution >= 0.6 is 0 Å². The van der Waals surface area contributed by atoms with E-state index in [0.717, 1.165) is 5.56 Å².